The predicted molar refractivity (Wildman–Crippen MR) is 81.7 cm³/mol. The van der Waals surface area contributed by atoms with Gasteiger partial charge in [-0.05, 0) is 31.9 Å². The number of aromatic amines is 1. The van der Waals surface area contributed by atoms with Crippen LogP contribution < -0.4 is 10.9 Å². The van der Waals surface area contributed by atoms with Gasteiger partial charge in [-0.2, -0.15) is 0 Å². The van der Waals surface area contributed by atoms with Gasteiger partial charge in [0.1, 0.15) is 10.8 Å². The fraction of sp³-hybridized carbons (Fsp3) is 0.333. The fourth-order valence-electron chi connectivity index (χ4n) is 1.52. The van der Waals surface area contributed by atoms with E-state index in [1.165, 1.54) is 29.6 Å². The Morgan fingerprint density at radius 1 is 1.30 bits per heavy atom. The molecule has 0 aliphatic heterocycles. The van der Waals surface area contributed by atoms with E-state index in [2.05, 4.69) is 25.3 Å². The van der Waals surface area contributed by atoms with Gasteiger partial charge in [0.2, 0.25) is 0 Å². The highest BCUT2D eigenvalue weighted by atomic mass is 32.2. The third-order valence-electron chi connectivity index (χ3n) is 2.27. The van der Waals surface area contributed by atoms with E-state index in [-0.39, 0.29) is 5.56 Å². The average Bonchev–Trinajstić information content (AvgIpc) is 2.37. The van der Waals surface area contributed by atoms with Gasteiger partial charge in [-0.15, -0.1) is 0 Å². The van der Waals surface area contributed by atoms with Crippen molar-refractivity contribution in [2.24, 2.45) is 0 Å². The minimum atomic E-state index is -0.161. The Bertz CT molecular complexity index is 659. The van der Waals surface area contributed by atoms with Crippen LogP contribution in [0.2, 0.25) is 0 Å². The van der Waals surface area contributed by atoms with E-state index in [9.17, 15) is 4.79 Å². The lowest BCUT2D eigenvalue weighted by Crippen LogP contribution is -2.08. The normalized spacial score (nSPS) is 10.6. The zero-order valence-electron chi connectivity index (χ0n) is 11.4. The molecule has 2 N–H and O–H groups in total. The molecule has 106 valence electrons. The summed E-state index contributed by atoms with van der Waals surface area (Å²) in [6.07, 6.45) is 1.92. The number of aryl methyl sites for hydroxylation is 1. The Morgan fingerprint density at radius 3 is 2.75 bits per heavy atom. The second-order valence-corrected chi connectivity index (χ2v) is 5.68. The highest BCUT2D eigenvalue weighted by Gasteiger charge is 2.07. The minimum Gasteiger partial charge on any atom is -0.370 e. The van der Waals surface area contributed by atoms with E-state index in [1.807, 2.05) is 19.2 Å². The molecule has 2 heterocycles. The summed E-state index contributed by atoms with van der Waals surface area (Å²) in [5.41, 5.74) is 0.522. The molecule has 8 heteroatoms. The topological polar surface area (TPSA) is 83.6 Å². The molecule has 0 aromatic carbocycles. The van der Waals surface area contributed by atoms with Crippen molar-refractivity contribution in [2.75, 3.05) is 18.1 Å². The number of aromatic nitrogens is 4. The van der Waals surface area contributed by atoms with Crippen LogP contribution in [-0.2, 0) is 0 Å². The maximum Gasteiger partial charge on any atom is 0.251 e. The lowest BCUT2D eigenvalue weighted by atomic mass is 10.5. The molecule has 0 aliphatic rings. The van der Waals surface area contributed by atoms with Crippen molar-refractivity contribution in [3.63, 3.8) is 0 Å². The Balaban J connectivity index is 2.31. The van der Waals surface area contributed by atoms with Crippen molar-refractivity contribution in [1.29, 1.82) is 0 Å². The summed E-state index contributed by atoms with van der Waals surface area (Å²) in [4.78, 5) is 27.2. The second kappa shape index (κ2) is 6.76. The summed E-state index contributed by atoms with van der Waals surface area (Å²) < 4.78 is 0. The molecule has 0 atom stereocenters. The summed E-state index contributed by atoms with van der Waals surface area (Å²) in [6, 6.07) is 3.30. The molecule has 0 saturated heterocycles. The molecule has 2 aromatic rings. The number of nitrogens with zero attached hydrogens (tertiary/aromatic N) is 3. The van der Waals surface area contributed by atoms with Crippen LogP contribution in [0.4, 0.5) is 5.82 Å². The van der Waals surface area contributed by atoms with E-state index in [0.29, 0.717) is 16.0 Å². The Morgan fingerprint density at radius 2 is 2.10 bits per heavy atom. The highest BCUT2D eigenvalue weighted by molar-refractivity contribution is 7.99. The molecule has 2 aromatic heterocycles. The van der Waals surface area contributed by atoms with Crippen LogP contribution >= 0.6 is 23.5 Å². The van der Waals surface area contributed by atoms with Crippen LogP contribution in [-0.4, -0.2) is 32.7 Å². The minimum absolute atomic E-state index is 0.161. The van der Waals surface area contributed by atoms with Gasteiger partial charge in [0, 0.05) is 24.4 Å². The predicted octanol–water partition coefficient (Wildman–Crippen LogP) is 2.17. The van der Waals surface area contributed by atoms with Gasteiger partial charge in [-0.3, -0.25) is 4.79 Å². The van der Waals surface area contributed by atoms with Gasteiger partial charge in [-0.25, -0.2) is 15.0 Å². The van der Waals surface area contributed by atoms with Gasteiger partial charge in [-0.1, -0.05) is 11.8 Å². The molecule has 0 unspecified atom stereocenters. The van der Waals surface area contributed by atoms with Crippen LogP contribution in [0.5, 0.6) is 0 Å². The summed E-state index contributed by atoms with van der Waals surface area (Å²) in [5.74, 6) is 0.768. The van der Waals surface area contributed by atoms with Crippen LogP contribution in [0.3, 0.4) is 0 Å². The SMILES string of the molecule is CCNc1cc(Sc2nc(C)cc(=O)[nH]2)nc(SC)n1. The number of anilines is 1. The molecule has 2 rings (SSSR count). The molecule has 20 heavy (non-hydrogen) atoms. The van der Waals surface area contributed by atoms with E-state index in [1.54, 1.807) is 6.92 Å². The Kier molecular flexibility index (Phi) is 5.02. The average molecular weight is 309 g/mol. The van der Waals surface area contributed by atoms with Crippen molar-refractivity contribution in [3.8, 4) is 0 Å². The van der Waals surface area contributed by atoms with E-state index in [4.69, 9.17) is 0 Å². The number of rotatable bonds is 5. The van der Waals surface area contributed by atoms with Crippen LogP contribution in [0, 0.1) is 6.92 Å². The first-order valence-corrected chi connectivity index (χ1v) is 8.07. The largest absolute Gasteiger partial charge is 0.370 e. The number of nitrogens with one attached hydrogen (secondary N) is 2. The summed E-state index contributed by atoms with van der Waals surface area (Å²) in [7, 11) is 0. The third-order valence-corrected chi connectivity index (χ3v) is 3.62. The lowest BCUT2D eigenvalue weighted by Gasteiger charge is -2.07. The summed E-state index contributed by atoms with van der Waals surface area (Å²) >= 11 is 2.79. The van der Waals surface area contributed by atoms with E-state index < -0.39 is 0 Å². The highest BCUT2D eigenvalue weighted by Crippen LogP contribution is 2.25. The van der Waals surface area contributed by atoms with Gasteiger partial charge in [0.05, 0.1) is 0 Å². The van der Waals surface area contributed by atoms with Gasteiger partial charge in [0.25, 0.3) is 5.56 Å². The third kappa shape index (κ3) is 3.97. The smallest absolute Gasteiger partial charge is 0.251 e. The van der Waals surface area contributed by atoms with Crippen molar-refractivity contribution in [3.05, 3.63) is 28.2 Å². The number of hydrogen-bond acceptors (Lipinski definition) is 7. The molecule has 0 saturated carbocycles. The molecule has 0 amide bonds. The van der Waals surface area contributed by atoms with Gasteiger partial charge >= 0.3 is 0 Å². The Hall–Kier alpha value is -1.54. The molecule has 0 spiro atoms. The van der Waals surface area contributed by atoms with Gasteiger partial charge in [0.15, 0.2) is 10.3 Å². The first-order valence-electron chi connectivity index (χ1n) is 6.03. The molecular formula is C12H15N5OS2. The molecule has 0 radical (unpaired) electrons. The zero-order chi connectivity index (χ0) is 14.5. The molecular weight excluding hydrogens is 294 g/mol. The van der Waals surface area contributed by atoms with Crippen molar-refractivity contribution >= 4 is 29.3 Å². The molecule has 0 fully saturated rings. The standard InChI is InChI=1S/C12H15N5OS2/c1-4-13-8-6-10(17-11(15-8)19-3)20-12-14-7(2)5-9(18)16-12/h5-6H,4H2,1-3H3,(H,13,15,17)(H,14,16,18). The summed E-state index contributed by atoms with van der Waals surface area (Å²) in [6.45, 7) is 4.58. The second-order valence-electron chi connectivity index (χ2n) is 3.90. The van der Waals surface area contributed by atoms with Crippen molar-refractivity contribution in [2.45, 2.75) is 29.2 Å². The van der Waals surface area contributed by atoms with Crippen molar-refractivity contribution in [1.82, 2.24) is 19.9 Å². The fourth-order valence-corrected chi connectivity index (χ4v) is 2.80. The molecule has 0 aliphatic carbocycles. The van der Waals surface area contributed by atoms with Crippen LogP contribution in [0.15, 0.2) is 32.3 Å². The molecule has 6 nitrogen and oxygen atoms in total. The first-order chi connectivity index (χ1) is 9.60. The number of thioether (sulfide) groups is 1. The first kappa shape index (κ1) is 14.9. The zero-order valence-corrected chi connectivity index (χ0v) is 13.1. The van der Waals surface area contributed by atoms with Crippen molar-refractivity contribution < 1.29 is 0 Å². The summed E-state index contributed by atoms with van der Waals surface area (Å²) in [5, 5.41) is 5.12. The van der Waals surface area contributed by atoms with E-state index in [0.717, 1.165) is 17.4 Å². The quantitative estimate of drug-likeness (QED) is 0.497. The van der Waals surface area contributed by atoms with Gasteiger partial charge < -0.3 is 10.3 Å². The van der Waals surface area contributed by atoms with Crippen LogP contribution in [0.1, 0.15) is 12.6 Å². The lowest BCUT2D eigenvalue weighted by molar-refractivity contribution is 0.872. The Labute approximate surface area is 125 Å². The van der Waals surface area contributed by atoms with Crippen LogP contribution in [0.25, 0.3) is 0 Å². The van der Waals surface area contributed by atoms with E-state index >= 15 is 0 Å². The monoisotopic (exact) mass is 309 g/mol. The maximum atomic E-state index is 11.4. The number of hydrogen-bond donors (Lipinski definition) is 2. The number of H-pyrrole nitrogens is 1. The molecule has 0 bridgehead atoms. The maximum absolute atomic E-state index is 11.4.